The van der Waals surface area contributed by atoms with Gasteiger partial charge in [0.1, 0.15) is 11.5 Å². The van der Waals surface area contributed by atoms with Crippen LogP contribution in [0.25, 0.3) is 0 Å². The molecule has 0 aliphatic carbocycles. The first-order valence-electron chi connectivity index (χ1n) is 7.33. The molecule has 1 rings (SSSR count). The molecule has 4 heteroatoms. The maximum absolute atomic E-state index is 9.01. The lowest BCUT2D eigenvalue weighted by atomic mass is 9.90. The predicted molar refractivity (Wildman–Crippen MR) is 84.6 cm³/mol. The summed E-state index contributed by atoms with van der Waals surface area (Å²) in [6.07, 6.45) is 1.68. The van der Waals surface area contributed by atoms with E-state index in [0.717, 1.165) is 29.9 Å². The first-order valence-corrected chi connectivity index (χ1v) is 7.33. The Morgan fingerprint density at radius 1 is 1.38 bits per heavy atom. The van der Waals surface area contributed by atoms with Crippen LogP contribution in [0.2, 0.25) is 0 Å². The van der Waals surface area contributed by atoms with Gasteiger partial charge in [0, 0.05) is 17.7 Å². The molecule has 4 nitrogen and oxygen atoms in total. The van der Waals surface area contributed by atoms with Crippen LogP contribution in [-0.2, 0) is 0 Å². The van der Waals surface area contributed by atoms with Gasteiger partial charge in [0.15, 0.2) is 0 Å². The van der Waals surface area contributed by atoms with Crippen molar-refractivity contribution in [1.82, 2.24) is 5.32 Å². The average Bonchev–Trinajstić information content (AvgIpc) is 2.50. The first kappa shape index (κ1) is 17.3. The van der Waals surface area contributed by atoms with Gasteiger partial charge in [-0.15, -0.1) is 0 Å². The van der Waals surface area contributed by atoms with Crippen LogP contribution in [0, 0.1) is 16.7 Å². The number of ether oxygens (including phenoxy) is 2. The Morgan fingerprint density at radius 3 is 2.67 bits per heavy atom. The van der Waals surface area contributed by atoms with Gasteiger partial charge in [-0.2, -0.15) is 5.26 Å². The van der Waals surface area contributed by atoms with E-state index in [4.69, 9.17) is 14.7 Å². The maximum Gasteiger partial charge on any atom is 0.127 e. The van der Waals surface area contributed by atoms with E-state index < -0.39 is 0 Å². The van der Waals surface area contributed by atoms with Crippen molar-refractivity contribution in [3.05, 3.63) is 23.8 Å². The second kappa shape index (κ2) is 7.90. The highest BCUT2D eigenvalue weighted by Gasteiger charge is 2.16. The Kier molecular flexibility index (Phi) is 6.51. The number of hydrogen-bond donors (Lipinski definition) is 1. The molecule has 0 saturated heterocycles. The summed E-state index contributed by atoms with van der Waals surface area (Å²) in [5, 5.41) is 12.2. The topological polar surface area (TPSA) is 54.3 Å². The molecule has 21 heavy (non-hydrogen) atoms. The molecule has 0 radical (unpaired) electrons. The van der Waals surface area contributed by atoms with E-state index >= 15 is 0 Å². The smallest absolute Gasteiger partial charge is 0.127 e. The SMILES string of the molecule is CNC(C)c1ccc(OC)cc1OCCCC(C)(C)C#N. The molecule has 0 aromatic heterocycles. The molecule has 1 atom stereocenters. The number of methoxy groups -OCH3 is 1. The molecule has 116 valence electrons. The molecule has 0 aliphatic rings. The van der Waals surface area contributed by atoms with E-state index in [1.807, 2.05) is 39.1 Å². The summed E-state index contributed by atoms with van der Waals surface area (Å²) >= 11 is 0. The Balaban J connectivity index is 2.70. The fourth-order valence-electron chi connectivity index (χ4n) is 2.03. The molecule has 1 unspecified atom stereocenters. The lowest BCUT2D eigenvalue weighted by Gasteiger charge is -2.19. The normalized spacial score (nSPS) is 12.6. The van der Waals surface area contributed by atoms with Gasteiger partial charge in [-0.3, -0.25) is 0 Å². The second-order valence-electron chi connectivity index (χ2n) is 5.86. The number of rotatable bonds is 8. The first-order chi connectivity index (χ1) is 9.93. The zero-order chi connectivity index (χ0) is 15.9. The van der Waals surface area contributed by atoms with E-state index in [-0.39, 0.29) is 11.5 Å². The minimum Gasteiger partial charge on any atom is -0.497 e. The van der Waals surface area contributed by atoms with Crippen molar-refractivity contribution in [2.24, 2.45) is 5.41 Å². The summed E-state index contributed by atoms with van der Waals surface area (Å²) < 4.78 is 11.2. The summed E-state index contributed by atoms with van der Waals surface area (Å²) in [7, 11) is 3.57. The Hall–Kier alpha value is -1.73. The molecule has 0 spiro atoms. The third-order valence-electron chi connectivity index (χ3n) is 3.63. The van der Waals surface area contributed by atoms with E-state index in [1.54, 1.807) is 7.11 Å². The summed E-state index contributed by atoms with van der Waals surface area (Å²) in [6.45, 7) is 6.59. The predicted octanol–water partition coefficient (Wildman–Crippen LogP) is 3.68. The van der Waals surface area contributed by atoms with Gasteiger partial charge in [0.25, 0.3) is 0 Å². The van der Waals surface area contributed by atoms with Crippen LogP contribution in [0.3, 0.4) is 0 Å². The molecule has 0 heterocycles. The highest BCUT2D eigenvalue weighted by Crippen LogP contribution is 2.30. The molecular formula is C17H26N2O2. The van der Waals surface area contributed by atoms with Crippen LogP contribution >= 0.6 is 0 Å². The Morgan fingerprint density at radius 2 is 2.10 bits per heavy atom. The molecule has 1 aromatic rings. The van der Waals surface area contributed by atoms with E-state index in [9.17, 15) is 0 Å². The third-order valence-corrected chi connectivity index (χ3v) is 3.63. The highest BCUT2D eigenvalue weighted by molar-refractivity contribution is 5.42. The summed E-state index contributed by atoms with van der Waals surface area (Å²) in [4.78, 5) is 0. The van der Waals surface area contributed by atoms with Crippen LogP contribution in [0.4, 0.5) is 0 Å². The molecule has 0 saturated carbocycles. The number of nitrogens with zero attached hydrogens (tertiary/aromatic N) is 1. The molecule has 0 fully saturated rings. The average molecular weight is 290 g/mol. The summed E-state index contributed by atoms with van der Waals surface area (Å²) in [6, 6.07) is 8.40. The van der Waals surface area contributed by atoms with Gasteiger partial charge in [0.2, 0.25) is 0 Å². The largest absolute Gasteiger partial charge is 0.497 e. The molecule has 1 aromatic carbocycles. The van der Waals surface area contributed by atoms with Crippen molar-refractivity contribution >= 4 is 0 Å². The van der Waals surface area contributed by atoms with Crippen molar-refractivity contribution in [1.29, 1.82) is 5.26 Å². The minimum absolute atomic E-state index is 0.210. The van der Waals surface area contributed by atoms with E-state index in [2.05, 4.69) is 18.3 Å². The van der Waals surface area contributed by atoms with Crippen LogP contribution < -0.4 is 14.8 Å². The number of nitrogens with one attached hydrogen (secondary N) is 1. The minimum atomic E-state index is -0.293. The van der Waals surface area contributed by atoms with E-state index in [1.165, 1.54) is 0 Å². The van der Waals surface area contributed by atoms with E-state index in [0.29, 0.717) is 6.61 Å². The van der Waals surface area contributed by atoms with Crippen molar-refractivity contribution in [2.45, 2.75) is 39.7 Å². The van der Waals surface area contributed by atoms with Crippen molar-refractivity contribution in [3.63, 3.8) is 0 Å². The van der Waals surface area contributed by atoms with Crippen LogP contribution in [-0.4, -0.2) is 20.8 Å². The fourth-order valence-corrected chi connectivity index (χ4v) is 2.03. The molecule has 0 aliphatic heterocycles. The van der Waals surface area contributed by atoms with Crippen LogP contribution in [0.15, 0.2) is 18.2 Å². The third kappa shape index (κ3) is 5.28. The zero-order valence-corrected chi connectivity index (χ0v) is 13.7. The molecule has 0 bridgehead atoms. The van der Waals surface area contributed by atoms with Crippen molar-refractivity contribution in [2.75, 3.05) is 20.8 Å². The molecule has 1 N–H and O–H groups in total. The fraction of sp³-hybridized carbons (Fsp3) is 0.588. The quantitative estimate of drug-likeness (QED) is 0.742. The lowest BCUT2D eigenvalue weighted by molar-refractivity contribution is 0.278. The standard InChI is InChI=1S/C17H26N2O2/c1-13(19-4)15-8-7-14(20-5)11-16(15)21-10-6-9-17(2,3)12-18/h7-8,11,13,19H,6,9-10H2,1-5H3. The summed E-state index contributed by atoms with van der Waals surface area (Å²) in [5.74, 6) is 1.63. The van der Waals surface area contributed by atoms with Gasteiger partial charge in [-0.25, -0.2) is 0 Å². The highest BCUT2D eigenvalue weighted by atomic mass is 16.5. The monoisotopic (exact) mass is 290 g/mol. The van der Waals surface area contributed by atoms with Gasteiger partial charge < -0.3 is 14.8 Å². The number of benzene rings is 1. The molecule has 0 amide bonds. The van der Waals surface area contributed by atoms with Gasteiger partial charge >= 0.3 is 0 Å². The summed E-state index contributed by atoms with van der Waals surface area (Å²) in [5.41, 5.74) is 0.816. The van der Waals surface area contributed by atoms with Gasteiger partial charge in [-0.1, -0.05) is 6.07 Å². The Bertz CT molecular complexity index is 492. The van der Waals surface area contributed by atoms with Gasteiger partial charge in [-0.05, 0) is 46.7 Å². The number of nitriles is 1. The zero-order valence-electron chi connectivity index (χ0n) is 13.7. The van der Waals surface area contributed by atoms with Crippen molar-refractivity contribution in [3.8, 4) is 17.6 Å². The Labute approximate surface area is 128 Å². The van der Waals surface area contributed by atoms with Crippen LogP contribution in [0.1, 0.15) is 45.2 Å². The maximum atomic E-state index is 9.01. The molecular weight excluding hydrogens is 264 g/mol. The van der Waals surface area contributed by atoms with Gasteiger partial charge in [0.05, 0.1) is 25.2 Å². The van der Waals surface area contributed by atoms with Crippen LogP contribution in [0.5, 0.6) is 11.5 Å². The second-order valence-corrected chi connectivity index (χ2v) is 5.86. The van der Waals surface area contributed by atoms with Crippen molar-refractivity contribution < 1.29 is 9.47 Å². The lowest BCUT2D eigenvalue weighted by Crippen LogP contribution is -2.15. The number of hydrogen-bond acceptors (Lipinski definition) is 4.